The summed E-state index contributed by atoms with van der Waals surface area (Å²) in [4.78, 5) is 15.5. The standard InChI is InChI=1S/C43H25N3S/c1-3-12-26(13-4-1)35-24-29(25-36-31-19-9-16-27-17-10-21-33(38(27)31)39(35)36)42-44-41(28-14-5-2-6-15-28)45-43(46-42)34-22-11-20-32-30-18-7-8-23-37(30)47-40(32)34/h1-25H. The molecule has 3 nitrogen and oxygen atoms in total. The van der Waals surface area contributed by atoms with Crippen LogP contribution in [0.3, 0.4) is 0 Å². The summed E-state index contributed by atoms with van der Waals surface area (Å²) in [6, 6.07) is 53.7. The van der Waals surface area contributed by atoms with Crippen molar-refractivity contribution in [2.75, 3.05) is 0 Å². The second-order valence-electron chi connectivity index (χ2n) is 12.0. The van der Waals surface area contributed by atoms with Crippen LogP contribution in [-0.4, -0.2) is 15.0 Å². The molecule has 0 amide bonds. The Morgan fingerprint density at radius 2 is 0.979 bits per heavy atom. The van der Waals surface area contributed by atoms with E-state index in [0.717, 1.165) is 16.7 Å². The van der Waals surface area contributed by atoms with Gasteiger partial charge in [-0.15, -0.1) is 11.3 Å². The van der Waals surface area contributed by atoms with Crippen molar-refractivity contribution in [2.24, 2.45) is 0 Å². The first-order valence-electron chi connectivity index (χ1n) is 15.8. The lowest BCUT2D eigenvalue weighted by Gasteiger charge is -2.15. The van der Waals surface area contributed by atoms with Gasteiger partial charge in [-0.25, -0.2) is 15.0 Å². The van der Waals surface area contributed by atoms with E-state index in [2.05, 4.69) is 133 Å². The molecule has 4 heteroatoms. The van der Waals surface area contributed by atoms with Crippen LogP contribution in [-0.2, 0) is 0 Å². The Labute approximate surface area is 275 Å². The summed E-state index contributed by atoms with van der Waals surface area (Å²) >= 11 is 1.79. The van der Waals surface area contributed by atoms with Gasteiger partial charge in [-0.05, 0) is 68.4 Å². The Balaban J connectivity index is 1.26. The lowest BCUT2D eigenvalue weighted by Crippen LogP contribution is -2.01. The summed E-state index contributed by atoms with van der Waals surface area (Å²) in [7, 11) is 0. The molecule has 0 radical (unpaired) electrons. The molecule has 1 aliphatic carbocycles. The number of hydrogen-bond donors (Lipinski definition) is 0. The summed E-state index contributed by atoms with van der Waals surface area (Å²) in [5.41, 5.74) is 10.3. The van der Waals surface area contributed by atoms with Crippen LogP contribution in [0.4, 0.5) is 0 Å². The van der Waals surface area contributed by atoms with Crippen LogP contribution in [0.2, 0.25) is 0 Å². The number of hydrogen-bond acceptors (Lipinski definition) is 4. The maximum atomic E-state index is 5.26. The third kappa shape index (κ3) is 4.09. The Hall–Kier alpha value is -5.97. The summed E-state index contributed by atoms with van der Waals surface area (Å²) in [5, 5.41) is 5.03. The first-order chi connectivity index (χ1) is 23.3. The molecule has 0 spiro atoms. The van der Waals surface area contributed by atoms with Crippen molar-refractivity contribution in [3.63, 3.8) is 0 Å². The van der Waals surface area contributed by atoms with Gasteiger partial charge in [0.2, 0.25) is 0 Å². The van der Waals surface area contributed by atoms with Gasteiger partial charge in [0.15, 0.2) is 17.5 Å². The fourth-order valence-electron chi connectivity index (χ4n) is 7.16. The zero-order valence-electron chi connectivity index (χ0n) is 25.2. The minimum atomic E-state index is 0.662. The predicted octanol–water partition coefficient (Wildman–Crippen LogP) is 11.7. The van der Waals surface area contributed by atoms with E-state index in [1.807, 2.05) is 18.2 Å². The molecule has 47 heavy (non-hydrogen) atoms. The van der Waals surface area contributed by atoms with Gasteiger partial charge in [-0.2, -0.15) is 0 Å². The number of fused-ring (bicyclic) bond motifs is 6. The van der Waals surface area contributed by atoms with Gasteiger partial charge in [0.05, 0.1) is 0 Å². The highest BCUT2D eigenvalue weighted by atomic mass is 32.1. The largest absolute Gasteiger partial charge is 0.208 e. The topological polar surface area (TPSA) is 38.7 Å². The van der Waals surface area contributed by atoms with Crippen molar-refractivity contribution in [2.45, 2.75) is 0 Å². The third-order valence-corrected chi connectivity index (χ3v) is 10.5. The molecule has 10 rings (SSSR count). The summed E-state index contributed by atoms with van der Waals surface area (Å²) in [6.07, 6.45) is 0. The Morgan fingerprint density at radius 3 is 1.79 bits per heavy atom. The molecule has 2 aromatic heterocycles. The second-order valence-corrected chi connectivity index (χ2v) is 13.0. The minimum absolute atomic E-state index is 0.662. The van der Waals surface area contributed by atoms with Crippen molar-refractivity contribution in [3.05, 3.63) is 152 Å². The van der Waals surface area contributed by atoms with Gasteiger partial charge in [0, 0.05) is 36.9 Å². The van der Waals surface area contributed by atoms with E-state index in [9.17, 15) is 0 Å². The summed E-state index contributed by atoms with van der Waals surface area (Å²) in [6.45, 7) is 0. The first kappa shape index (κ1) is 26.3. The highest BCUT2D eigenvalue weighted by molar-refractivity contribution is 7.26. The van der Waals surface area contributed by atoms with Gasteiger partial charge in [-0.3, -0.25) is 0 Å². The molecule has 0 saturated carbocycles. The van der Waals surface area contributed by atoms with E-state index >= 15 is 0 Å². The lowest BCUT2D eigenvalue weighted by atomic mass is 9.91. The van der Waals surface area contributed by atoms with E-state index in [1.165, 1.54) is 64.3 Å². The van der Waals surface area contributed by atoms with Crippen molar-refractivity contribution < 1.29 is 0 Å². The average molecular weight is 616 g/mol. The molecular formula is C43H25N3S. The molecule has 0 N–H and O–H groups in total. The molecular weight excluding hydrogens is 591 g/mol. The van der Waals surface area contributed by atoms with Crippen LogP contribution in [0.25, 0.3) is 98.5 Å². The maximum absolute atomic E-state index is 5.26. The maximum Gasteiger partial charge on any atom is 0.165 e. The van der Waals surface area contributed by atoms with Crippen LogP contribution in [0.5, 0.6) is 0 Å². The molecule has 0 unspecified atom stereocenters. The summed E-state index contributed by atoms with van der Waals surface area (Å²) < 4.78 is 2.44. The van der Waals surface area contributed by atoms with E-state index in [4.69, 9.17) is 15.0 Å². The molecule has 0 saturated heterocycles. The van der Waals surface area contributed by atoms with Crippen molar-refractivity contribution in [1.29, 1.82) is 0 Å². The predicted molar refractivity (Wildman–Crippen MR) is 196 cm³/mol. The van der Waals surface area contributed by atoms with Crippen LogP contribution >= 0.6 is 11.3 Å². The quantitative estimate of drug-likeness (QED) is 0.198. The highest BCUT2D eigenvalue weighted by Gasteiger charge is 2.26. The van der Waals surface area contributed by atoms with Crippen molar-refractivity contribution >= 4 is 42.3 Å². The molecule has 0 fully saturated rings. The first-order valence-corrected chi connectivity index (χ1v) is 16.6. The normalized spacial score (nSPS) is 11.8. The monoisotopic (exact) mass is 615 g/mol. The zero-order valence-corrected chi connectivity index (χ0v) is 26.0. The number of thiophene rings is 1. The molecule has 7 aromatic carbocycles. The van der Waals surface area contributed by atoms with Gasteiger partial charge in [0.1, 0.15) is 0 Å². The molecule has 1 aliphatic rings. The van der Waals surface area contributed by atoms with E-state index in [-0.39, 0.29) is 0 Å². The van der Waals surface area contributed by atoms with Crippen LogP contribution in [0.1, 0.15) is 0 Å². The zero-order chi connectivity index (χ0) is 30.9. The highest BCUT2D eigenvalue weighted by Crippen LogP contribution is 2.52. The molecule has 0 aliphatic heterocycles. The molecule has 218 valence electrons. The van der Waals surface area contributed by atoms with Gasteiger partial charge < -0.3 is 0 Å². The van der Waals surface area contributed by atoms with E-state index < -0.39 is 0 Å². The van der Waals surface area contributed by atoms with Gasteiger partial charge in [0.25, 0.3) is 0 Å². The minimum Gasteiger partial charge on any atom is -0.208 e. The van der Waals surface area contributed by atoms with Crippen LogP contribution in [0.15, 0.2) is 152 Å². The van der Waals surface area contributed by atoms with Crippen molar-refractivity contribution in [1.82, 2.24) is 15.0 Å². The second kappa shape index (κ2) is 10.3. The lowest BCUT2D eigenvalue weighted by molar-refractivity contribution is 1.08. The van der Waals surface area contributed by atoms with E-state index in [0.29, 0.717) is 17.5 Å². The Kier molecular flexibility index (Phi) is 5.74. The van der Waals surface area contributed by atoms with E-state index in [1.54, 1.807) is 11.3 Å². The number of benzene rings is 7. The number of aromatic nitrogens is 3. The fourth-order valence-corrected chi connectivity index (χ4v) is 8.37. The SMILES string of the molecule is c1ccc(-c2nc(-c3cc(-c4ccccc4)c4c(c3)-c3cccc5cccc-4c35)nc(-c3cccc4c3sc3ccccc34)n2)cc1. The Morgan fingerprint density at radius 1 is 0.383 bits per heavy atom. The molecule has 9 aromatic rings. The fraction of sp³-hybridized carbons (Fsp3) is 0. The molecule has 0 bridgehead atoms. The molecule has 0 atom stereocenters. The van der Waals surface area contributed by atoms with Crippen LogP contribution in [0, 0.1) is 0 Å². The molecule has 2 heterocycles. The van der Waals surface area contributed by atoms with Gasteiger partial charge >= 0.3 is 0 Å². The van der Waals surface area contributed by atoms with Crippen LogP contribution < -0.4 is 0 Å². The van der Waals surface area contributed by atoms with Gasteiger partial charge in [-0.1, -0.05) is 127 Å². The average Bonchev–Trinajstić information content (AvgIpc) is 3.69. The number of nitrogens with zero attached hydrogens (tertiary/aromatic N) is 3. The third-order valence-electron chi connectivity index (χ3n) is 9.26. The van der Waals surface area contributed by atoms with Crippen molar-refractivity contribution in [3.8, 4) is 67.5 Å². The smallest absolute Gasteiger partial charge is 0.165 e. The summed E-state index contributed by atoms with van der Waals surface area (Å²) in [5.74, 6) is 2.00. The number of rotatable bonds is 4. The Bertz CT molecular complexity index is 2670.